The SMILES string of the molecule is CC(C)(C)c1cc(C(=O)O)n(Cc2ccccc2)n1.Cc1ccc(NC(=O)c2cc(C(C)(C)C)nn2Cc2ccccc2)cc1.Nc1ccccc1Cl. The molecular formula is C43H49ClN6O3. The number of nitrogens with one attached hydrogen (secondary N) is 1. The maximum Gasteiger partial charge on any atom is 0.354 e. The molecule has 0 radical (unpaired) electrons. The van der Waals surface area contributed by atoms with E-state index in [1.54, 1.807) is 27.6 Å². The summed E-state index contributed by atoms with van der Waals surface area (Å²) in [6.07, 6.45) is 0. The normalized spacial score (nSPS) is 11.1. The second kappa shape index (κ2) is 17.7. The fraction of sp³-hybridized carbons (Fsp3) is 0.256. The van der Waals surface area contributed by atoms with Crippen molar-refractivity contribution in [2.24, 2.45) is 0 Å². The Morgan fingerprint density at radius 3 is 1.53 bits per heavy atom. The number of aromatic carboxylic acids is 1. The smallest absolute Gasteiger partial charge is 0.354 e. The van der Waals surface area contributed by atoms with E-state index in [4.69, 9.17) is 22.4 Å². The Balaban J connectivity index is 0.000000202. The number of carbonyl (C=O) groups is 2. The van der Waals surface area contributed by atoms with E-state index in [0.717, 1.165) is 33.8 Å². The van der Waals surface area contributed by atoms with E-state index < -0.39 is 5.97 Å². The van der Waals surface area contributed by atoms with Gasteiger partial charge in [-0.1, -0.05) is 144 Å². The van der Waals surface area contributed by atoms with Gasteiger partial charge in [0.2, 0.25) is 0 Å². The molecule has 0 aliphatic rings. The van der Waals surface area contributed by atoms with Crippen molar-refractivity contribution in [3.8, 4) is 0 Å². The van der Waals surface area contributed by atoms with Crippen LogP contribution in [0.25, 0.3) is 0 Å². The molecule has 2 aromatic heterocycles. The summed E-state index contributed by atoms with van der Waals surface area (Å²) in [6.45, 7) is 15.4. The molecule has 0 saturated heterocycles. The molecule has 4 aromatic carbocycles. The first-order valence-corrected chi connectivity index (χ1v) is 17.7. The topological polar surface area (TPSA) is 128 Å². The molecular weight excluding hydrogens is 684 g/mol. The average molecular weight is 733 g/mol. The second-order valence-electron chi connectivity index (χ2n) is 14.8. The lowest BCUT2D eigenvalue weighted by molar-refractivity contribution is 0.0683. The number of carboxylic acid groups (broad SMARTS) is 1. The number of hydrogen-bond donors (Lipinski definition) is 3. The number of carboxylic acids is 1. The fourth-order valence-corrected chi connectivity index (χ4v) is 5.12. The highest BCUT2D eigenvalue weighted by Crippen LogP contribution is 2.24. The quantitative estimate of drug-likeness (QED) is 0.140. The predicted molar refractivity (Wildman–Crippen MR) is 215 cm³/mol. The molecule has 0 spiro atoms. The number of halogens is 1. The van der Waals surface area contributed by atoms with Crippen molar-refractivity contribution in [2.75, 3.05) is 11.1 Å². The first-order chi connectivity index (χ1) is 25.0. The van der Waals surface area contributed by atoms with Crippen molar-refractivity contribution in [1.29, 1.82) is 0 Å². The number of benzene rings is 4. The van der Waals surface area contributed by atoms with Crippen LogP contribution >= 0.6 is 11.6 Å². The summed E-state index contributed by atoms with van der Waals surface area (Å²) in [4.78, 5) is 24.2. The summed E-state index contributed by atoms with van der Waals surface area (Å²) in [6, 6.07) is 38.4. The minimum Gasteiger partial charge on any atom is -0.477 e. The summed E-state index contributed by atoms with van der Waals surface area (Å²) in [5, 5.41) is 22.0. The Bertz CT molecular complexity index is 2070. The first-order valence-electron chi connectivity index (χ1n) is 17.4. The number of aromatic nitrogens is 4. The first kappa shape index (κ1) is 40.1. The molecule has 6 aromatic rings. The standard InChI is InChI=1S/C22H25N3O.C15H18N2O2.C6H6ClN/c1-16-10-12-18(13-11-16)23-21(26)19-14-20(22(2,3)4)24-25(19)15-17-8-6-5-7-9-17;1-15(2,3)13-9-12(14(18)19)17(16-13)10-11-7-5-4-6-8-11;7-5-3-1-2-4-6(5)8/h5-14H,15H2,1-4H3,(H,23,26);4-9H,10H2,1-3H3,(H,18,19);1-4H,8H2. The van der Waals surface area contributed by atoms with Gasteiger partial charge in [0.1, 0.15) is 11.4 Å². The van der Waals surface area contributed by atoms with Crippen molar-refractivity contribution >= 4 is 34.9 Å². The fourth-order valence-electron chi connectivity index (χ4n) is 4.98. The van der Waals surface area contributed by atoms with Gasteiger partial charge in [-0.15, -0.1) is 0 Å². The maximum atomic E-state index is 12.9. The van der Waals surface area contributed by atoms with E-state index >= 15 is 0 Å². The van der Waals surface area contributed by atoms with Gasteiger partial charge in [-0.3, -0.25) is 14.2 Å². The molecule has 10 heteroatoms. The van der Waals surface area contributed by atoms with Crippen molar-refractivity contribution in [3.05, 3.63) is 166 Å². The lowest BCUT2D eigenvalue weighted by Crippen LogP contribution is -2.18. The number of aryl methyl sites for hydroxylation is 1. The molecule has 9 nitrogen and oxygen atoms in total. The third-order valence-electron chi connectivity index (χ3n) is 8.11. The molecule has 0 aliphatic carbocycles. The summed E-state index contributed by atoms with van der Waals surface area (Å²) in [7, 11) is 0. The number of nitrogens with zero attached hydrogens (tertiary/aromatic N) is 4. The predicted octanol–water partition coefficient (Wildman–Crippen LogP) is 9.64. The van der Waals surface area contributed by atoms with Crippen LogP contribution in [0.3, 0.4) is 0 Å². The zero-order chi connectivity index (χ0) is 38.8. The number of hydrogen-bond acceptors (Lipinski definition) is 5. The van der Waals surface area contributed by atoms with E-state index in [0.29, 0.717) is 29.5 Å². The Labute approximate surface area is 317 Å². The lowest BCUT2D eigenvalue weighted by Gasteiger charge is -2.14. The minimum absolute atomic E-state index is 0.124. The Kier molecular flexibility index (Phi) is 13.4. The zero-order valence-corrected chi connectivity index (χ0v) is 32.2. The summed E-state index contributed by atoms with van der Waals surface area (Å²) in [5.41, 5.74) is 12.3. The molecule has 4 N–H and O–H groups in total. The number of nitrogens with two attached hydrogens (primary N) is 1. The van der Waals surface area contributed by atoms with Crippen LogP contribution in [0.2, 0.25) is 5.02 Å². The Hall–Kier alpha value is -5.67. The highest BCUT2D eigenvalue weighted by atomic mass is 35.5. The molecule has 0 aliphatic heterocycles. The Morgan fingerprint density at radius 1 is 0.679 bits per heavy atom. The van der Waals surface area contributed by atoms with Crippen molar-refractivity contribution < 1.29 is 14.7 Å². The van der Waals surface area contributed by atoms with Gasteiger partial charge in [-0.05, 0) is 54.4 Å². The molecule has 0 bridgehead atoms. The number of anilines is 2. The number of nitrogen functional groups attached to an aromatic ring is 1. The van der Waals surface area contributed by atoms with Gasteiger partial charge in [-0.2, -0.15) is 10.2 Å². The Morgan fingerprint density at radius 2 is 1.11 bits per heavy atom. The molecule has 276 valence electrons. The molecule has 1 amide bonds. The van der Waals surface area contributed by atoms with E-state index in [1.165, 1.54) is 0 Å². The van der Waals surface area contributed by atoms with Gasteiger partial charge in [0.05, 0.1) is 35.2 Å². The van der Waals surface area contributed by atoms with Gasteiger partial charge in [0, 0.05) is 16.5 Å². The molecule has 0 atom stereocenters. The van der Waals surface area contributed by atoms with Gasteiger partial charge >= 0.3 is 5.97 Å². The number of carbonyl (C=O) groups excluding carboxylic acids is 1. The largest absolute Gasteiger partial charge is 0.477 e. The van der Waals surface area contributed by atoms with Crippen LogP contribution in [0.4, 0.5) is 11.4 Å². The number of rotatable bonds is 7. The molecule has 0 unspecified atom stereocenters. The van der Waals surface area contributed by atoms with Crippen LogP contribution in [-0.4, -0.2) is 36.5 Å². The molecule has 53 heavy (non-hydrogen) atoms. The number of para-hydroxylation sites is 1. The third kappa shape index (κ3) is 11.9. The third-order valence-corrected chi connectivity index (χ3v) is 8.46. The van der Waals surface area contributed by atoms with E-state index in [1.807, 2.05) is 131 Å². The average Bonchev–Trinajstić information content (AvgIpc) is 3.74. The highest BCUT2D eigenvalue weighted by Gasteiger charge is 2.24. The zero-order valence-electron chi connectivity index (χ0n) is 31.5. The molecule has 0 fully saturated rings. The van der Waals surface area contributed by atoms with Crippen LogP contribution in [0, 0.1) is 6.92 Å². The molecule has 6 rings (SSSR count). The lowest BCUT2D eigenvalue weighted by atomic mass is 9.92. The number of amides is 1. The minimum atomic E-state index is -0.945. The van der Waals surface area contributed by atoms with Crippen molar-refractivity contribution in [3.63, 3.8) is 0 Å². The van der Waals surface area contributed by atoms with Crippen LogP contribution in [0.5, 0.6) is 0 Å². The maximum absolute atomic E-state index is 12.9. The molecule has 0 saturated carbocycles. The summed E-state index contributed by atoms with van der Waals surface area (Å²) in [5.74, 6) is -1.09. The van der Waals surface area contributed by atoms with E-state index in [2.05, 4.69) is 31.2 Å². The van der Waals surface area contributed by atoms with Gasteiger partial charge in [0.15, 0.2) is 0 Å². The van der Waals surface area contributed by atoms with E-state index in [-0.39, 0.29) is 22.4 Å². The van der Waals surface area contributed by atoms with Gasteiger partial charge < -0.3 is 16.2 Å². The van der Waals surface area contributed by atoms with Gasteiger partial charge in [-0.25, -0.2) is 4.79 Å². The monoisotopic (exact) mass is 732 g/mol. The van der Waals surface area contributed by atoms with Crippen LogP contribution < -0.4 is 11.1 Å². The summed E-state index contributed by atoms with van der Waals surface area (Å²) < 4.78 is 3.34. The van der Waals surface area contributed by atoms with Gasteiger partial charge in [0.25, 0.3) is 5.91 Å². The van der Waals surface area contributed by atoms with Crippen molar-refractivity contribution in [1.82, 2.24) is 19.6 Å². The molecule has 2 heterocycles. The summed E-state index contributed by atoms with van der Waals surface area (Å²) >= 11 is 5.58. The highest BCUT2D eigenvalue weighted by molar-refractivity contribution is 6.33. The van der Waals surface area contributed by atoms with E-state index in [9.17, 15) is 14.7 Å². The second-order valence-corrected chi connectivity index (χ2v) is 15.2. The van der Waals surface area contributed by atoms with Crippen LogP contribution in [0.1, 0.15) is 90.6 Å². The van der Waals surface area contributed by atoms with Crippen LogP contribution in [-0.2, 0) is 23.9 Å². The van der Waals surface area contributed by atoms with Crippen molar-refractivity contribution in [2.45, 2.75) is 72.4 Å². The van der Waals surface area contributed by atoms with Crippen LogP contribution in [0.15, 0.2) is 121 Å².